The van der Waals surface area contributed by atoms with Crippen molar-refractivity contribution in [1.29, 1.82) is 0 Å². The summed E-state index contributed by atoms with van der Waals surface area (Å²) in [5.41, 5.74) is 0. The molecule has 0 rings (SSSR count). The van der Waals surface area contributed by atoms with Gasteiger partial charge < -0.3 is 0 Å². The summed E-state index contributed by atoms with van der Waals surface area (Å²) < 4.78 is 173. The first-order valence-corrected chi connectivity index (χ1v) is 5.93. The lowest BCUT2D eigenvalue weighted by molar-refractivity contribution is -0.433. The van der Waals surface area contributed by atoms with Crippen molar-refractivity contribution in [3.05, 3.63) is 12.0 Å². The third kappa shape index (κ3) is 2.80. The first kappa shape index (κ1) is 22.0. The normalized spacial score (nSPS) is 17.1. The van der Waals surface area contributed by atoms with Crippen molar-refractivity contribution in [3.63, 3.8) is 0 Å². The monoisotopic (exact) mass is 394 g/mol. The second-order valence-electron chi connectivity index (χ2n) is 3.78. The first-order valence-electron chi connectivity index (χ1n) is 4.72. The van der Waals surface area contributed by atoms with Gasteiger partial charge in [-0.2, -0.15) is 57.1 Å². The molecule has 0 aliphatic rings. The van der Waals surface area contributed by atoms with Gasteiger partial charge in [-0.05, 0) is 0 Å². The van der Waals surface area contributed by atoms with Gasteiger partial charge >= 0.3 is 35.1 Å². The van der Waals surface area contributed by atoms with Gasteiger partial charge in [-0.3, -0.25) is 0 Å². The summed E-state index contributed by atoms with van der Waals surface area (Å²) >= 11 is 0. The Morgan fingerprint density at radius 1 is 0.609 bits per heavy atom. The van der Waals surface area contributed by atoms with Crippen LogP contribution in [0.15, 0.2) is 12.0 Å². The van der Waals surface area contributed by atoms with Crippen molar-refractivity contribution in [3.8, 4) is 0 Å². The number of halogens is 13. The molecule has 0 aromatic heterocycles. The molecule has 1 nitrogen and oxygen atoms in total. The van der Waals surface area contributed by atoms with Gasteiger partial charge in [0.15, 0.2) is 0 Å². The molecule has 138 valence electrons. The predicted octanol–water partition coefficient (Wildman–Crippen LogP) is 4.57. The van der Waals surface area contributed by atoms with Gasteiger partial charge in [0.25, 0.3) is 0 Å². The highest BCUT2D eigenvalue weighted by molar-refractivity contribution is 7.89. The molecule has 0 amide bonds. The van der Waals surface area contributed by atoms with E-state index in [9.17, 15) is 61.3 Å². The number of hydrogen-bond donors (Lipinski definition) is 0. The zero-order valence-electron chi connectivity index (χ0n) is 10.0. The molecule has 0 aromatic rings. The van der Waals surface area contributed by atoms with Crippen LogP contribution in [0.25, 0.3) is 0 Å². The molecule has 0 aliphatic carbocycles. The lowest BCUT2D eigenvalue weighted by Crippen LogP contribution is -2.70. The smallest absolute Gasteiger partial charge is 0.249 e. The molecule has 23 heavy (non-hydrogen) atoms. The minimum Gasteiger partial charge on any atom is -0.249 e. The van der Waals surface area contributed by atoms with Crippen LogP contribution in [0, 0.1) is 0 Å². The van der Waals surface area contributed by atoms with Gasteiger partial charge in [-0.1, -0.05) is 6.58 Å². The van der Waals surface area contributed by atoms with Gasteiger partial charge in [0.2, 0.25) is 0 Å². The zero-order chi connectivity index (χ0) is 19.3. The Kier molecular flexibility index (Phi) is 5.27. The highest BCUT2D eigenvalue weighted by Gasteiger charge is 2.91. The molecule has 0 bridgehead atoms. The van der Waals surface area contributed by atoms with E-state index < -0.39 is 51.3 Å². The standard InChI is InChI=1S/C8H3F13OS/c1-2-23(22)8(20,21)6(15,16)4(11,12)3(9,10)5(13,14)7(17,18)19/h2H,1H2. The average molecular weight is 394 g/mol. The van der Waals surface area contributed by atoms with Crippen molar-refractivity contribution in [1.82, 2.24) is 0 Å². The van der Waals surface area contributed by atoms with Crippen molar-refractivity contribution >= 4 is 10.8 Å². The van der Waals surface area contributed by atoms with Crippen LogP contribution >= 0.6 is 0 Å². The molecule has 0 saturated heterocycles. The topological polar surface area (TPSA) is 17.1 Å². The Labute approximate surface area is 120 Å². The van der Waals surface area contributed by atoms with Gasteiger partial charge in [0.1, 0.15) is 10.8 Å². The maximum absolute atomic E-state index is 12.9. The fourth-order valence-corrected chi connectivity index (χ4v) is 1.58. The van der Waals surface area contributed by atoms with Crippen LogP contribution in [0.2, 0.25) is 0 Å². The van der Waals surface area contributed by atoms with Crippen molar-refractivity contribution in [2.24, 2.45) is 0 Å². The van der Waals surface area contributed by atoms with Crippen molar-refractivity contribution in [2.75, 3.05) is 0 Å². The fraction of sp³-hybridized carbons (Fsp3) is 0.750. The molecule has 15 heteroatoms. The fourth-order valence-electron chi connectivity index (χ4n) is 0.986. The van der Waals surface area contributed by atoms with Crippen LogP contribution < -0.4 is 0 Å². The molecule has 0 heterocycles. The van der Waals surface area contributed by atoms with Gasteiger partial charge in [-0.15, -0.1) is 0 Å². The number of alkyl halides is 13. The SMILES string of the molecule is C=CS(=O)C(F)(F)C(F)(F)C(F)(F)C(F)(F)C(F)(F)C(F)(F)F. The van der Waals surface area contributed by atoms with Crippen molar-refractivity contribution in [2.45, 2.75) is 35.1 Å². The van der Waals surface area contributed by atoms with Gasteiger partial charge in [0.05, 0.1) is 0 Å². The van der Waals surface area contributed by atoms with E-state index in [1.807, 2.05) is 0 Å². The highest BCUT2D eigenvalue weighted by atomic mass is 32.2. The summed E-state index contributed by atoms with van der Waals surface area (Å²) in [7, 11) is -4.49. The lowest BCUT2D eigenvalue weighted by atomic mass is 9.98. The number of hydrogen-bond acceptors (Lipinski definition) is 1. The Morgan fingerprint density at radius 2 is 0.913 bits per heavy atom. The molecule has 0 saturated carbocycles. The minimum atomic E-state index is -7.99. The summed E-state index contributed by atoms with van der Waals surface area (Å²) in [6.07, 6.45) is -7.47. The molecule has 0 radical (unpaired) electrons. The highest BCUT2D eigenvalue weighted by Crippen LogP contribution is 2.60. The van der Waals surface area contributed by atoms with E-state index in [1.165, 1.54) is 0 Å². The van der Waals surface area contributed by atoms with Crippen LogP contribution in [0.4, 0.5) is 57.1 Å². The van der Waals surface area contributed by atoms with Crippen LogP contribution in [-0.4, -0.2) is 39.3 Å². The van der Waals surface area contributed by atoms with Crippen LogP contribution in [-0.2, 0) is 10.8 Å². The summed E-state index contributed by atoms with van der Waals surface area (Å²) in [6, 6.07) is 0. The molecule has 1 atom stereocenters. The van der Waals surface area contributed by atoms with Crippen LogP contribution in [0.3, 0.4) is 0 Å². The molecule has 0 fully saturated rings. The average Bonchev–Trinajstić information content (AvgIpc) is 2.35. The second kappa shape index (κ2) is 5.51. The largest absolute Gasteiger partial charge is 0.460 e. The molecule has 0 N–H and O–H groups in total. The molecular weight excluding hydrogens is 391 g/mol. The Morgan fingerprint density at radius 3 is 1.17 bits per heavy atom. The molecule has 0 aliphatic heterocycles. The van der Waals surface area contributed by atoms with Gasteiger partial charge in [-0.25, -0.2) is 4.21 Å². The molecular formula is C8H3F13OS. The quantitative estimate of drug-likeness (QED) is 0.604. The lowest BCUT2D eigenvalue weighted by Gasteiger charge is -2.39. The maximum Gasteiger partial charge on any atom is 0.460 e. The molecule has 0 spiro atoms. The Balaban J connectivity index is 6.36. The van der Waals surface area contributed by atoms with Crippen LogP contribution in [0.1, 0.15) is 0 Å². The second-order valence-corrected chi connectivity index (χ2v) is 5.22. The summed E-state index contributed by atoms with van der Waals surface area (Å²) in [5.74, 6) is -31.3. The Hall–Kier alpha value is -1.02. The van der Waals surface area contributed by atoms with E-state index in [4.69, 9.17) is 0 Å². The molecule has 0 aromatic carbocycles. The summed E-state index contributed by atoms with van der Waals surface area (Å²) in [5, 5.41) is -7.24. The van der Waals surface area contributed by atoms with E-state index >= 15 is 0 Å². The van der Waals surface area contributed by atoms with E-state index in [0.717, 1.165) is 0 Å². The third-order valence-electron chi connectivity index (χ3n) is 2.31. The third-order valence-corrected chi connectivity index (χ3v) is 3.37. The maximum atomic E-state index is 12.9. The number of rotatable bonds is 6. The van der Waals surface area contributed by atoms with E-state index in [-0.39, 0.29) is 0 Å². The predicted molar refractivity (Wildman–Crippen MR) is 49.1 cm³/mol. The van der Waals surface area contributed by atoms with E-state index in [1.54, 1.807) is 0 Å². The Bertz CT molecular complexity index is 491. The van der Waals surface area contributed by atoms with Crippen LogP contribution in [0.5, 0.6) is 0 Å². The van der Waals surface area contributed by atoms with E-state index in [0.29, 0.717) is 0 Å². The first-order chi connectivity index (χ1) is 9.73. The minimum absolute atomic E-state index is 0.621. The molecule has 1 unspecified atom stereocenters. The summed E-state index contributed by atoms with van der Waals surface area (Å²) in [4.78, 5) is 0. The van der Waals surface area contributed by atoms with Gasteiger partial charge in [0, 0.05) is 5.41 Å². The zero-order valence-corrected chi connectivity index (χ0v) is 10.8. The van der Waals surface area contributed by atoms with E-state index in [2.05, 4.69) is 6.58 Å². The van der Waals surface area contributed by atoms with Crippen molar-refractivity contribution < 1.29 is 61.3 Å². The summed E-state index contributed by atoms with van der Waals surface area (Å²) in [6.45, 7) is 2.20.